The second-order valence-electron chi connectivity index (χ2n) is 2.30. The number of carbonyl (C=O) groups is 1. The van der Waals surface area contributed by atoms with Crippen molar-refractivity contribution in [1.29, 1.82) is 0 Å². The number of imidazole rings is 1. The first-order valence-electron chi connectivity index (χ1n) is 3.65. The van der Waals surface area contributed by atoms with Crippen molar-refractivity contribution in [3.8, 4) is 0 Å². The molecular formula is C8H10N2O2. The average molecular weight is 166 g/mol. The largest absolute Gasteiger partial charge is 0.478 e. The molecule has 0 aliphatic heterocycles. The predicted octanol–water partition coefficient (Wildman–Crippen LogP) is 1.00. The quantitative estimate of drug-likeness (QED) is 0.681. The fourth-order valence-corrected chi connectivity index (χ4v) is 0.793. The number of nitrogens with zero attached hydrogens (tertiary/aromatic N) is 2. The van der Waals surface area contributed by atoms with Gasteiger partial charge in [-0.15, -0.1) is 0 Å². The highest BCUT2D eigenvalue weighted by Gasteiger charge is 1.92. The van der Waals surface area contributed by atoms with Crippen molar-refractivity contribution in [3.05, 3.63) is 24.3 Å². The van der Waals surface area contributed by atoms with E-state index >= 15 is 0 Å². The molecule has 0 radical (unpaired) electrons. The van der Waals surface area contributed by atoms with Gasteiger partial charge in [-0.3, -0.25) is 0 Å². The van der Waals surface area contributed by atoms with Gasteiger partial charge in [0.2, 0.25) is 0 Å². The van der Waals surface area contributed by atoms with E-state index in [2.05, 4.69) is 4.98 Å². The van der Waals surface area contributed by atoms with E-state index < -0.39 is 5.97 Å². The Bertz CT molecular complexity index is 302. The van der Waals surface area contributed by atoms with Crippen LogP contribution in [0.1, 0.15) is 12.6 Å². The van der Waals surface area contributed by atoms with Gasteiger partial charge in [0, 0.05) is 18.8 Å². The topological polar surface area (TPSA) is 55.1 Å². The Morgan fingerprint density at radius 1 is 1.83 bits per heavy atom. The molecule has 0 saturated carbocycles. The molecule has 4 nitrogen and oxygen atoms in total. The zero-order chi connectivity index (χ0) is 8.97. The average Bonchev–Trinajstić information content (AvgIpc) is 2.48. The minimum absolute atomic E-state index is 0.666. The first-order chi connectivity index (χ1) is 5.72. The number of hydrogen-bond acceptors (Lipinski definition) is 2. The minimum Gasteiger partial charge on any atom is -0.478 e. The molecule has 64 valence electrons. The summed E-state index contributed by atoms with van der Waals surface area (Å²) < 4.78 is 1.88. The summed E-state index contributed by atoms with van der Waals surface area (Å²) in [7, 11) is 0. The number of aliphatic carboxylic acids is 1. The van der Waals surface area contributed by atoms with Crippen LogP contribution < -0.4 is 0 Å². The fourth-order valence-electron chi connectivity index (χ4n) is 0.793. The maximum atomic E-state index is 10.1. The summed E-state index contributed by atoms with van der Waals surface area (Å²) in [6, 6.07) is 0. The second-order valence-corrected chi connectivity index (χ2v) is 2.30. The first kappa shape index (κ1) is 8.52. The van der Waals surface area contributed by atoms with Gasteiger partial charge in [0.1, 0.15) is 0 Å². The van der Waals surface area contributed by atoms with Gasteiger partial charge in [-0.25, -0.2) is 9.78 Å². The van der Waals surface area contributed by atoms with E-state index in [-0.39, 0.29) is 0 Å². The summed E-state index contributed by atoms with van der Waals surface area (Å²) in [6.45, 7) is 2.83. The van der Waals surface area contributed by atoms with Gasteiger partial charge in [0.15, 0.2) is 0 Å². The standard InChI is InChI=1S/C8H10N2O2/c1-2-10-5-7(9-6-10)3-4-8(11)12/h3-6H,2H2,1H3,(H,11,12). The maximum absolute atomic E-state index is 10.1. The fraction of sp³-hybridized carbons (Fsp3) is 0.250. The first-order valence-corrected chi connectivity index (χ1v) is 3.65. The molecule has 1 heterocycles. The number of carboxylic acids is 1. The third-order valence-corrected chi connectivity index (χ3v) is 1.42. The molecule has 1 aromatic rings. The van der Waals surface area contributed by atoms with Gasteiger partial charge >= 0.3 is 5.97 Å². The lowest BCUT2D eigenvalue weighted by atomic mass is 10.4. The number of aryl methyl sites for hydroxylation is 1. The second kappa shape index (κ2) is 3.71. The van der Waals surface area contributed by atoms with E-state index in [1.807, 2.05) is 11.5 Å². The number of aromatic nitrogens is 2. The van der Waals surface area contributed by atoms with Gasteiger partial charge in [-0.1, -0.05) is 0 Å². The minimum atomic E-state index is -0.957. The highest BCUT2D eigenvalue weighted by molar-refractivity contribution is 5.84. The summed E-state index contributed by atoms with van der Waals surface area (Å²) in [5.41, 5.74) is 0.666. The highest BCUT2D eigenvalue weighted by Crippen LogP contribution is 1.98. The molecule has 0 atom stereocenters. The van der Waals surface area contributed by atoms with Crippen LogP contribution in [-0.4, -0.2) is 20.6 Å². The summed E-state index contributed by atoms with van der Waals surface area (Å²) in [4.78, 5) is 14.1. The maximum Gasteiger partial charge on any atom is 0.328 e. The molecule has 0 aliphatic carbocycles. The lowest BCUT2D eigenvalue weighted by molar-refractivity contribution is -0.131. The van der Waals surface area contributed by atoms with Crippen LogP contribution in [0, 0.1) is 0 Å². The summed E-state index contributed by atoms with van der Waals surface area (Å²) in [5.74, 6) is -0.957. The molecule has 4 heteroatoms. The van der Waals surface area contributed by atoms with E-state index in [1.54, 1.807) is 12.5 Å². The van der Waals surface area contributed by atoms with Crippen LogP contribution in [0.4, 0.5) is 0 Å². The Kier molecular flexibility index (Phi) is 2.63. The Hall–Kier alpha value is -1.58. The molecule has 0 saturated heterocycles. The highest BCUT2D eigenvalue weighted by atomic mass is 16.4. The number of carboxylic acid groups (broad SMARTS) is 1. The van der Waals surface area contributed by atoms with Crippen molar-refractivity contribution in [2.24, 2.45) is 0 Å². The summed E-state index contributed by atoms with van der Waals surface area (Å²) in [6.07, 6.45) is 6.00. The molecule has 0 fully saturated rings. The van der Waals surface area contributed by atoms with Crippen molar-refractivity contribution < 1.29 is 9.90 Å². The van der Waals surface area contributed by atoms with Crippen LogP contribution in [0.2, 0.25) is 0 Å². The third kappa shape index (κ3) is 2.23. The zero-order valence-corrected chi connectivity index (χ0v) is 6.77. The number of hydrogen-bond donors (Lipinski definition) is 1. The van der Waals surface area contributed by atoms with Crippen molar-refractivity contribution in [2.45, 2.75) is 13.5 Å². The molecule has 0 amide bonds. The Morgan fingerprint density at radius 2 is 2.58 bits per heavy atom. The van der Waals surface area contributed by atoms with Gasteiger partial charge in [0.25, 0.3) is 0 Å². The molecule has 0 spiro atoms. The van der Waals surface area contributed by atoms with Gasteiger partial charge in [-0.2, -0.15) is 0 Å². The van der Waals surface area contributed by atoms with E-state index in [9.17, 15) is 4.79 Å². The van der Waals surface area contributed by atoms with E-state index in [0.29, 0.717) is 5.69 Å². The Balaban J connectivity index is 2.70. The Labute approximate surface area is 70.2 Å². The van der Waals surface area contributed by atoms with Crippen LogP contribution in [0.25, 0.3) is 6.08 Å². The molecule has 1 aromatic heterocycles. The summed E-state index contributed by atoms with van der Waals surface area (Å²) in [5, 5.41) is 8.32. The SMILES string of the molecule is CCn1cnc(C=CC(=O)O)c1. The van der Waals surface area contributed by atoms with Crippen LogP contribution in [0.3, 0.4) is 0 Å². The molecular weight excluding hydrogens is 156 g/mol. The third-order valence-electron chi connectivity index (χ3n) is 1.42. The smallest absolute Gasteiger partial charge is 0.328 e. The molecule has 12 heavy (non-hydrogen) atoms. The number of rotatable bonds is 3. The van der Waals surface area contributed by atoms with Gasteiger partial charge in [0.05, 0.1) is 12.0 Å². The van der Waals surface area contributed by atoms with Crippen molar-refractivity contribution in [2.75, 3.05) is 0 Å². The van der Waals surface area contributed by atoms with Crippen LogP contribution in [0.15, 0.2) is 18.6 Å². The van der Waals surface area contributed by atoms with E-state index in [1.165, 1.54) is 6.08 Å². The van der Waals surface area contributed by atoms with Gasteiger partial charge < -0.3 is 9.67 Å². The van der Waals surface area contributed by atoms with Crippen LogP contribution in [-0.2, 0) is 11.3 Å². The van der Waals surface area contributed by atoms with Crippen molar-refractivity contribution in [1.82, 2.24) is 9.55 Å². The monoisotopic (exact) mass is 166 g/mol. The molecule has 0 aliphatic rings. The lowest BCUT2D eigenvalue weighted by Gasteiger charge is -1.89. The van der Waals surface area contributed by atoms with E-state index in [4.69, 9.17) is 5.11 Å². The molecule has 1 N–H and O–H groups in total. The lowest BCUT2D eigenvalue weighted by Crippen LogP contribution is -1.87. The van der Waals surface area contributed by atoms with Gasteiger partial charge in [-0.05, 0) is 13.0 Å². The molecule has 0 unspecified atom stereocenters. The summed E-state index contributed by atoms with van der Waals surface area (Å²) >= 11 is 0. The van der Waals surface area contributed by atoms with Crippen molar-refractivity contribution in [3.63, 3.8) is 0 Å². The molecule has 0 bridgehead atoms. The van der Waals surface area contributed by atoms with Crippen molar-refractivity contribution >= 4 is 12.0 Å². The van der Waals surface area contributed by atoms with E-state index in [0.717, 1.165) is 12.6 Å². The van der Waals surface area contributed by atoms with Crippen LogP contribution >= 0.6 is 0 Å². The zero-order valence-electron chi connectivity index (χ0n) is 6.77. The predicted molar refractivity (Wildman–Crippen MR) is 44.6 cm³/mol. The Morgan fingerprint density at radius 3 is 3.08 bits per heavy atom. The normalized spacial score (nSPS) is 10.8. The van der Waals surface area contributed by atoms with Crippen LogP contribution in [0.5, 0.6) is 0 Å². The molecule has 1 rings (SSSR count). The molecule has 0 aromatic carbocycles.